The average Bonchev–Trinajstić information content (AvgIpc) is 3.09. The summed E-state index contributed by atoms with van der Waals surface area (Å²) in [6.45, 7) is 10.4. The van der Waals surface area contributed by atoms with Crippen LogP contribution >= 0.6 is 12.4 Å². The molecule has 4 heteroatoms. The smallest absolute Gasteiger partial charge is 0.123 e. The predicted molar refractivity (Wildman–Crippen MR) is 91.9 cm³/mol. The van der Waals surface area contributed by atoms with Crippen molar-refractivity contribution >= 4 is 12.4 Å². The van der Waals surface area contributed by atoms with E-state index in [1.165, 1.54) is 50.1 Å². The molecule has 0 aromatic heterocycles. The minimum absolute atomic E-state index is 0. The zero-order chi connectivity index (χ0) is 14.5. The van der Waals surface area contributed by atoms with Crippen LogP contribution in [0.15, 0.2) is 18.2 Å². The number of benzene rings is 1. The SMILES string of the molecule is CC1(C)Cc2cc(CN3CCC4(CCNC4)C3)ccc2O1.Cl. The molecular weight excluding hydrogens is 296 g/mol. The van der Waals surface area contributed by atoms with E-state index in [1.54, 1.807) is 0 Å². The maximum absolute atomic E-state index is 5.97. The van der Waals surface area contributed by atoms with Crippen LogP contribution in [0.4, 0.5) is 0 Å². The lowest BCUT2D eigenvalue weighted by Gasteiger charge is -2.23. The molecule has 122 valence electrons. The van der Waals surface area contributed by atoms with Crippen molar-refractivity contribution in [1.29, 1.82) is 0 Å². The van der Waals surface area contributed by atoms with Gasteiger partial charge < -0.3 is 10.1 Å². The summed E-state index contributed by atoms with van der Waals surface area (Å²) in [6, 6.07) is 6.78. The van der Waals surface area contributed by atoms with Crippen LogP contribution in [0.5, 0.6) is 5.75 Å². The number of rotatable bonds is 2. The van der Waals surface area contributed by atoms with E-state index in [0.29, 0.717) is 5.41 Å². The van der Waals surface area contributed by atoms with Crippen molar-refractivity contribution in [2.24, 2.45) is 5.41 Å². The zero-order valence-corrected chi connectivity index (χ0v) is 14.5. The second-order valence-corrected chi connectivity index (χ2v) is 7.87. The van der Waals surface area contributed by atoms with Gasteiger partial charge in [-0.15, -0.1) is 12.4 Å². The number of halogens is 1. The van der Waals surface area contributed by atoms with Gasteiger partial charge in [0, 0.05) is 26.1 Å². The van der Waals surface area contributed by atoms with Gasteiger partial charge in [-0.25, -0.2) is 0 Å². The van der Waals surface area contributed by atoms with Crippen molar-refractivity contribution in [2.45, 2.75) is 45.3 Å². The first kappa shape index (κ1) is 16.1. The fraction of sp³-hybridized carbons (Fsp3) is 0.667. The third-order valence-electron chi connectivity index (χ3n) is 5.38. The summed E-state index contributed by atoms with van der Waals surface area (Å²) in [5.41, 5.74) is 3.36. The van der Waals surface area contributed by atoms with Gasteiger partial charge in [0.05, 0.1) is 0 Å². The molecule has 0 aliphatic carbocycles. The lowest BCUT2D eigenvalue weighted by atomic mass is 9.86. The van der Waals surface area contributed by atoms with E-state index < -0.39 is 0 Å². The Bertz CT molecular complexity index is 552. The minimum atomic E-state index is -0.0336. The molecule has 1 aromatic rings. The average molecular weight is 323 g/mol. The number of likely N-dealkylation sites (tertiary alicyclic amines) is 1. The number of nitrogens with one attached hydrogen (secondary N) is 1. The van der Waals surface area contributed by atoms with E-state index in [2.05, 4.69) is 42.3 Å². The van der Waals surface area contributed by atoms with Crippen LogP contribution in [-0.2, 0) is 13.0 Å². The Balaban J connectivity index is 0.00000144. The van der Waals surface area contributed by atoms with Gasteiger partial charge in [0.25, 0.3) is 0 Å². The summed E-state index contributed by atoms with van der Waals surface area (Å²) < 4.78 is 5.97. The molecule has 1 N–H and O–H groups in total. The molecule has 3 heterocycles. The van der Waals surface area contributed by atoms with Crippen molar-refractivity contribution in [3.8, 4) is 5.75 Å². The third kappa shape index (κ3) is 2.99. The number of nitrogens with zero attached hydrogens (tertiary/aromatic N) is 1. The Morgan fingerprint density at radius 2 is 2.14 bits per heavy atom. The van der Waals surface area contributed by atoms with Gasteiger partial charge in [0.1, 0.15) is 11.4 Å². The lowest BCUT2D eigenvalue weighted by Crippen LogP contribution is -2.28. The molecule has 0 bridgehead atoms. The summed E-state index contributed by atoms with van der Waals surface area (Å²) in [5, 5.41) is 3.54. The van der Waals surface area contributed by atoms with Gasteiger partial charge in [-0.05, 0) is 62.4 Å². The summed E-state index contributed by atoms with van der Waals surface area (Å²) in [7, 11) is 0. The molecule has 0 amide bonds. The van der Waals surface area contributed by atoms with Crippen LogP contribution in [0.2, 0.25) is 0 Å². The molecule has 3 aliphatic rings. The Kier molecular flexibility index (Phi) is 4.17. The van der Waals surface area contributed by atoms with Gasteiger partial charge in [0.2, 0.25) is 0 Å². The first-order valence-electron chi connectivity index (χ1n) is 8.28. The van der Waals surface area contributed by atoms with E-state index in [0.717, 1.165) is 18.7 Å². The van der Waals surface area contributed by atoms with E-state index in [1.807, 2.05) is 0 Å². The van der Waals surface area contributed by atoms with Gasteiger partial charge >= 0.3 is 0 Å². The quantitative estimate of drug-likeness (QED) is 0.906. The monoisotopic (exact) mass is 322 g/mol. The van der Waals surface area contributed by atoms with Crippen molar-refractivity contribution in [3.63, 3.8) is 0 Å². The molecule has 2 fully saturated rings. The van der Waals surface area contributed by atoms with Crippen molar-refractivity contribution in [2.75, 3.05) is 26.2 Å². The van der Waals surface area contributed by atoms with Crippen LogP contribution in [0, 0.1) is 5.41 Å². The summed E-state index contributed by atoms with van der Waals surface area (Å²) in [6.07, 6.45) is 3.75. The van der Waals surface area contributed by atoms with E-state index >= 15 is 0 Å². The normalized spacial score (nSPS) is 29.4. The molecule has 1 spiro atoms. The van der Waals surface area contributed by atoms with Crippen LogP contribution < -0.4 is 10.1 Å². The first-order chi connectivity index (χ1) is 10.0. The second kappa shape index (κ2) is 5.70. The molecule has 0 saturated carbocycles. The molecule has 22 heavy (non-hydrogen) atoms. The molecule has 2 saturated heterocycles. The standard InChI is InChI=1S/C18H26N2O.ClH/c1-17(2)10-15-9-14(3-4-16(15)21-17)11-20-8-6-18(13-20)5-7-19-12-18;/h3-4,9,19H,5-8,10-13H2,1-2H3;1H. The first-order valence-corrected chi connectivity index (χ1v) is 8.28. The highest BCUT2D eigenvalue weighted by atomic mass is 35.5. The molecule has 3 aliphatic heterocycles. The maximum Gasteiger partial charge on any atom is 0.123 e. The Morgan fingerprint density at radius 1 is 1.27 bits per heavy atom. The van der Waals surface area contributed by atoms with E-state index in [-0.39, 0.29) is 18.0 Å². The van der Waals surface area contributed by atoms with Crippen molar-refractivity contribution < 1.29 is 4.74 Å². The highest BCUT2D eigenvalue weighted by molar-refractivity contribution is 5.85. The fourth-order valence-electron chi connectivity index (χ4n) is 4.33. The largest absolute Gasteiger partial charge is 0.487 e. The van der Waals surface area contributed by atoms with Crippen LogP contribution in [0.3, 0.4) is 0 Å². The van der Waals surface area contributed by atoms with Crippen molar-refractivity contribution in [3.05, 3.63) is 29.3 Å². The van der Waals surface area contributed by atoms with Crippen LogP contribution in [0.25, 0.3) is 0 Å². The van der Waals surface area contributed by atoms with Gasteiger partial charge in [-0.3, -0.25) is 4.90 Å². The Hall–Kier alpha value is -0.770. The predicted octanol–water partition coefficient (Wildman–Crippen LogP) is 3.01. The van der Waals surface area contributed by atoms with Crippen LogP contribution in [-0.4, -0.2) is 36.7 Å². The molecule has 3 nitrogen and oxygen atoms in total. The molecule has 1 aromatic carbocycles. The van der Waals surface area contributed by atoms with Crippen LogP contribution in [0.1, 0.15) is 37.8 Å². The van der Waals surface area contributed by atoms with Gasteiger partial charge in [-0.1, -0.05) is 12.1 Å². The van der Waals surface area contributed by atoms with Gasteiger partial charge in [-0.2, -0.15) is 0 Å². The molecule has 1 unspecified atom stereocenters. The summed E-state index contributed by atoms with van der Waals surface area (Å²) >= 11 is 0. The lowest BCUT2D eigenvalue weighted by molar-refractivity contribution is 0.138. The maximum atomic E-state index is 5.97. The Morgan fingerprint density at radius 3 is 2.91 bits per heavy atom. The topological polar surface area (TPSA) is 24.5 Å². The number of fused-ring (bicyclic) bond motifs is 1. The zero-order valence-electron chi connectivity index (χ0n) is 13.7. The second-order valence-electron chi connectivity index (χ2n) is 7.87. The molecule has 4 rings (SSSR count). The van der Waals surface area contributed by atoms with Gasteiger partial charge in [0.15, 0.2) is 0 Å². The Labute approximate surface area is 139 Å². The highest BCUT2D eigenvalue weighted by Gasteiger charge is 2.40. The number of hydrogen-bond acceptors (Lipinski definition) is 3. The van der Waals surface area contributed by atoms with Crippen molar-refractivity contribution in [1.82, 2.24) is 10.2 Å². The molecule has 1 atom stereocenters. The molecule has 0 radical (unpaired) electrons. The third-order valence-corrected chi connectivity index (χ3v) is 5.38. The number of ether oxygens (including phenoxy) is 1. The molecular formula is C18H27ClN2O. The number of hydrogen-bond donors (Lipinski definition) is 1. The summed E-state index contributed by atoms with van der Waals surface area (Å²) in [5.74, 6) is 1.08. The summed E-state index contributed by atoms with van der Waals surface area (Å²) in [4.78, 5) is 2.63. The highest BCUT2D eigenvalue weighted by Crippen LogP contribution is 2.38. The minimum Gasteiger partial charge on any atom is -0.487 e. The fourth-order valence-corrected chi connectivity index (χ4v) is 4.33. The van der Waals surface area contributed by atoms with E-state index in [9.17, 15) is 0 Å². The van der Waals surface area contributed by atoms with E-state index in [4.69, 9.17) is 4.74 Å².